The van der Waals surface area contributed by atoms with Crippen molar-refractivity contribution in [2.24, 2.45) is 0 Å². The third kappa shape index (κ3) is 2.86. The highest BCUT2D eigenvalue weighted by Gasteiger charge is 2.24. The minimum Gasteiger partial charge on any atom is -0.219 e. The van der Waals surface area contributed by atoms with Crippen LogP contribution < -0.4 is 0 Å². The summed E-state index contributed by atoms with van der Waals surface area (Å²) in [5.74, 6) is -5.26. The predicted molar refractivity (Wildman–Crippen MR) is 68.2 cm³/mol. The van der Waals surface area contributed by atoms with Gasteiger partial charge in [-0.1, -0.05) is 23.2 Å². The van der Waals surface area contributed by atoms with Gasteiger partial charge in [0.05, 0.1) is 9.79 Å². The summed E-state index contributed by atoms with van der Waals surface area (Å²) in [5, 5.41) is -1.77. The molecule has 0 aromatic heterocycles. The minimum absolute atomic E-state index is 0.450. The summed E-state index contributed by atoms with van der Waals surface area (Å²) in [5.41, 5.74) is 0. The summed E-state index contributed by atoms with van der Waals surface area (Å²) in [6, 6.07) is 1.80. The van der Waals surface area contributed by atoms with Crippen LogP contribution in [0.2, 0.25) is 10.0 Å². The van der Waals surface area contributed by atoms with Gasteiger partial charge in [0.1, 0.15) is 33.3 Å². The zero-order chi connectivity index (χ0) is 15.9. The van der Waals surface area contributed by atoms with E-state index in [0.29, 0.717) is 24.3 Å². The van der Waals surface area contributed by atoms with Crippen molar-refractivity contribution >= 4 is 33.0 Å². The Morgan fingerprint density at radius 2 is 0.905 bits per heavy atom. The molecular weight excluding hydrogens is 355 g/mol. The van der Waals surface area contributed by atoms with Crippen LogP contribution in [-0.4, -0.2) is 8.42 Å². The second kappa shape index (κ2) is 5.47. The molecule has 112 valence electrons. The van der Waals surface area contributed by atoms with E-state index >= 15 is 0 Å². The van der Waals surface area contributed by atoms with Crippen LogP contribution in [-0.2, 0) is 9.84 Å². The molecule has 0 fully saturated rings. The topological polar surface area (TPSA) is 34.1 Å². The van der Waals surface area contributed by atoms with E-state index < -0.39 is 52.9 Å². The van der Waals surface area contributed by atoms with Gasteiger partial charge in [0.25, 0.3) is 0 Å². The Labute approximate surface area is 126 Å². The second-order valence-electron chi connectivity index (χ2n) is 3.91. The quantitative estimate of drug-likeness (QED) is 0.589. The molecule has 21 heavy (non-hydrogen) atoms. The molecule has 0 N–H and O–H groups in total. The summed E-state index contributed by atoms with van der Waals surface area (Å²) >= 11 is 10.5. The molecular formula is C12H4Cl2F4O2S. The van der Waals surface area contributed by atoms with E-state index in [1.54, 1.807) is 0 Å². The Bertz CT molecular complexity index is 728. The van der Waals surface area contributed by atoms with Gasteiger partial charge in [0.15, 0.2) is 0 Å². The molecule has 0 aliphatic heterocycles. The number of hydrogen-bond donors (Lipinski definition) is 0. The fourth-order valence-corrected chi connectivity index (χ4v) is 3.04. The van der Waals surface area contributed by atoms with Crippen molar-refractivity contribution in [3.8, 4) is 0 Å². The van der Waals surface area contributed by atoms with Crippen molar-refractivity contribution in [3.63, 3.8) is 0 Å². The van der Waals surface area contributed by atoms with Gasteiger partial charge in [-0.15, -0.1) is 0 Å². The molecule has 2 aromatic rings. The van der Waals surface area contributed by atoms with E-state index in [-0.39, 0.29) is 0 Å². The molecule has 2 nitrogen and oxygen atoms in total. The molecule has 0 saturated carbocycles. The number of benzene rings is 2. The first-order valence-electron chi connectivity index (χ1n) is 5.18. The fraction of sp³-hybridized carbons (Fsp3) is 0. The Kier molecular flexibility index (Phi) is 4.19. The third-order valence-electron chi connectivity index (χ3n) is 2.54. The summed E-state index contributed by atoms with van der Waals surface area (Å²) in [7, 11) is -4.54. The van der Waals surface area contributed by atoms with Crippen LogP contribution in [0.3, 0.4) is 0 Å². The first-order valence-corrected chi connectivity index (χ1v) is 7.42. The first kappa shape index (κ1) is 16.1. The highest BCUT2D eigenvalue weighted by atomic mass is 35.5. The van der Waals surface area contributed by atoms with Crippen LogP contribution >= 0.6 is 23.2 Å². The van der Waals surface area contributed by atoms with E-state index in [0.717, 1.165) is 0 Å². The molecule has 0 saturated heterocycles. The molecule has 0 bridgehead atoms. The second-order valence-corrected chi connectivity index (χ2v) is 6.61. The van der Waals surface area contributed by atoms with E-state index in [2.05, 4.69) is 0 Å². The van der Waals surface area contributed by atoms with Crippen molar-refractivity contribution in [3.05, 3.63) is 57.6 Å². The summed E-state index contributed by atoms with van der Waals surface area (Å²) in [4.78, 5) is -1.66. The van der Waals surface area contributed by atoms with Crippen molar-refractivity contribution in [2.75, 3.05) is 0 Å². The van der Waals surface area contributed by atoms with E-state index in [1.807, 2.05) is 0 Å². The third-order valence-corrected chi connectivity index (χ3v) is 4.97. The lowest BCUT2D eigenvalue weighted by molar-refractivity contribution is 0.561. The van der Waals surface area contributed by atoms with Crippen molar-refractivity contribution in [1.82, 2.24) is 0 Å². The Hall–Kier alpha value is -1.31. The predicted octanol–water partition coefficient (Wildman–Crippen LogP) is 4.38. The lowest BCUT2D eigenvalue weighted by Gasteiger charge is -2.07. The standard InChI is InChI=1S/C12H4Cl2F4O2S/c13-11-7(15)1-5(2-8(11)16)21(19,20)6-3-9(17)12(14)10(18)4-6/h1-4H. The number of hydrogen-bond acceptors (Lipinski definition) is 2. The van der Waals surface area contributed by atoms with E-state index in [1.165, 1.54) is 0 Å². The highest BCUT2D eigenvalue weighted by molar-refractivity contribution is 7.91. The molecule has 0 heterocycles. The fourth-order valence-electron chi connectivity index (χ4n) is 1.51. The largest absolute Gasteiger partial charge is 0.219 e. The van der Waals surface area contributed by atoms with Crippen LogP contribution in [0.1, 0.15) is 0 Å². The normalized spacial score (nSPS) is 11.7. The maximum absolute atomic E-state index is 13.3. The van der Waals surface area contributed by atoms with Gasteiger partial charge >= 0.3 is 0 Å². The number of sulfone groups is 1. The maximum atomic E-state index is 13.3. The molecule has 0 radical (unpaired) electrons. The first-order chi connectivity index (χ1) is 9.64. The van der Waals surface area contributed by atoms with Crippen LogP contribution in [0.15, 0.2) is 34.1 Å². The van der Waals surface area contributed by atoms with Crippen LogP contribution in [0.5, 0.6) is 0 Å². The monoisotopic (exact) mass is 358 g/mol. The minimum atomic E-state index is -4.54. The van der Waals surface area contributed by atoms with Gasteiger partial charge in [-0.25, -0.2) is 26.0 Å². The summed E-state index contributed by atoms with van der Waals surface area (Å²) < 4.78 is 77.4. The van der Waals surface area contributed by atoms with E-state index in [4.69, 9.17) is 23.2 Å². The Balaban J connectivity index is 2.68. The lowest BCUT2D eigenvalue weighted by atomic mass is 10.3. The lowest BCUT2D eigenvalue weighted by Crippen LogP contribution is -2.05. The molecule has 0 spiro atoms. The maximum Gasteiger partial charge on any atom is 0.207 e. The Morgan fingerprint density at radius 1 is 0.667 bits per heavy atom. The summed E-state index contributed by atoms with van der Waals surface area (Å²) in [6.45, 7) is 0. The van der Waals surface area contributed by atoms with Gasteiger partial charge in [-0.3, -0.25) is 0 Å². The molecule has 2 rings (SSSR count). The average molecular weight is 359 g/mol. The highest BCUT2D eigenvalue weighted by Crippen LogP contribution is 2.30. The zero-order valence-electron chi connectivity index (χ0n) is 9.80. The smallest absolute Gasteiger partial charge is 0.207 e. The van der Waals surface area contributed by atoms with Crippen LogP contribution in [0, 0.1) is 23.3 Å². The van der Waals surface area contributed by atoms with Gasteiger partial charge in [0, 0.05) is 0 Å². The molecule has 2 aromatic carbocycles. The molecule has 9 heteroatoms. The van der Waals surface area contributed by atoms with Crippen molar-refractivity contribution in [1.29, 1.82) is 0 Å². The van der Waals surface area contributed by atoms with Gasteiger partial charge in [0.2, 0.25) is 9.84 Å². The summed E-state index contributed by atoms with van der Waals surface area (Å²) in [6.07, 6.45) is 0. The number of halogens is 6. The van der Waals surface area contributed by atoms with Gasteiger partial charge in [-0.05, 0) is 24.3 Å². The number of rotatable bonds is 2. The molecule has 0 atom stereocenters. The van der Waals surface area contributed by atoms with Crippen LogP contribution in [0.25, 0.3) is 0 Å². The van der Waals surface area contributed by atoms with Gasteiger partial charge in [-0.2, -0.15) is 0 Å². The Morgan fingerprint density at radius 3 is 1.14 bits per heavy atom. The average Bonchev–Trinajstić information content (AvgIpc) is 2.40. The van der Waals surface area contributed by atoms with E-state index in [9.17, 15) is 26.0 Å². The molecule has 0 aliphatic carbocycles. The van der Waals surface area contributed by atoms with Crippen molar-refractivity contribution in [2.45, 2.75) is 9.79 Å². The molecule has 0 unspecified atom stereocenters. The van der Waals surface area contributed by atoms with Crippen molar-refractivity contribution < 1.29 is 26.0 Å². The van der Waals surface area contributed by atoms with Gasteiger partial charge < -0.3 is 0 Å². The zero-order valence-corrected chi connectivity index (χ0v) is 12.1. The molecule has 0 aliphatic rings. The van der Waals surface area contributed by atoms with Crippen LogP contribution in [0.4, 0.5) is 17.6 Å². The SMILES string of the molecule is O=S(=O)(c1cc(F)c(Cl)c(F)c1)c1cc(F)c(Cl)c(F)c1. The molecule has 0 amide bonds.